The van der Waals surface area contributed by atoms with Crippen LogP contribution in [0.5, 0.6) is 0 Å². The third kappa shape index (κ3) is 29.7. The molecule has 8 atom stereocenters. The maximum atomic E-state index is 12.8. The van der Waals surface area contributed by atoms with Gasteiger partial charge in [-0.3, -0.25) is 18.6 Å². The van der Waals surface area contributed by atoms with Crippen LogP contribution in [-0.2, 0) is 32.7 Å². The molecule has 1 fully saturated rings. The quantitative estimate of drug-likeness (QED) is 0.0148. The normalized spacial score (nSPS) is 22.4. The van der Waals surface area contributed by atoms with Gasteiger partial charge in [-0.05, 0) is 77.0 Å². The first-order valence-electron chi connectivity index (χ1n) is 23.4. The van der Waals surface area contributed by atoms with Crippen LogP contribution in [0.1, 0.15) is 181 Å². The van der Waals surface area contributed by atoms with Crippen LogP contribution in [0.15, 0.2) is 48.6 Å². The van der Waals surface area contributed by atoms with E-state index in [1.807, 2.05) is 0 Å². The first-order valence-corrected chi connectivity index (χ1v) is 24.9. The van der Waals surface area contributed by atoms with E-state index in [1.165, 1.54) is 38.5 Å². The number of allylic oxidation sites excluding steroid dienone is 8. The topological polar surface area (TPSA) is 210 Å². The highest BCUT2D eigenvalue weighted by Crippen LogP contribution is 2.47. The van der Waals surface area contributed by atoms with Crippen molar-refractivity contribution in [3.8, 4) is 0 Å². The van der Waals surface area contributed by atoms with Crippen molar-refractivity contribution >= 4 is 19.8 Å². The highest BCUT2D eigenvalue weighted by Gasteiger charge is 2.51. The van der Waals surface area contributed by atoms with Gasteiger partial charge in [-0.1, -0.05) is 140 Å². The second kappa shape index (κ2) is 37.2. The zero-order valence-electron chi connectivity index (χ0n) is 37.4. The number of unbranched alkanes of at least 4 members (excludes halogenated alkanes) is 18. The minimum Gasteiger partial charge on any atom is -0.462 e. The molecule has 0 spiro atoms. The van der Waals surface area contributed by atoms with Gasteiger partial charge in [0, 0.05) is 12.8 Å². The maximum Gasteiger partial charge on any atom is 0.472 e. The number of phosphoric ester groups is 1. The standard InChI is InChI=1S/C47H83O13P/c1-3-5-7-9-11-13-15-17-19-20-22-24-26-28-30-32-34-36-41(49)59-39(38-58-61(55,56)60-47-45(53)43(51)42(50)44(52)46(47)54)37-57-40(48)35-33-31-29-27-25-23-21-18-16-14-12-10-8-6-4-2/h11-14,17-19,21,39,42-47,50-54H,3-10,15-16,20,22-38H2,1-2H3,(H,55,56)/b13-11-,14-12-,19-17-,21-18-/t39-,42?,43-,44?,45?,46?,47?/m1/s1. The van der Waals surface area contributed by atoms with E-state index in [2.05, 4.69) is 62.5 Å². The smallest absolute Gasteiger partial charge is 0.462 e. The molecule has 1 aliphatic rings. The van der Waals surface area contributed by atoms with Crippen LogP contribution < -0.4 is 0 Å². The lowest BCUT2D eigenvalue weighted by Gasteiger charge is -2.41. The molecule has 13 nitrogen and oxygen atoms in total. The fraction of sp³-hybridized carbons (Fsp3) is 0.787. The minimum absolute atomic E-state index is 0.0834. The van der Waals surface area contributed by atoms with Gasteiger partial charge in [-0.15, -0.1) is 0 Å². The second-order valence-electron chi connectivity index (χ2n) is 16.3. The number of hydrogen-bond acceptors (Lipinski definition) is 12. The molecule has 0 aromatic rings. The zero-order valence-corrected chi connectivity index (χ0v) is 38.3. The van der Waals surface area contributed by atoms with Crippen molar-refractivity contribution in [2.24, 2.45) is 0 Å². The number of ether oxygens (including phenoxy) is 2. The predicted octanol–water partition coefficient (Wildman–Crippen LogP) is 9.17. The average Bonchev–Trinajstić information content (AvgIpc) is 3.24. The molecule has 1 aliphatic carbocycles. The minimum atomic E-state index is -5.12. The van der Waals surface area contributed by atoms with Crippen molar-refractivity contribution < 1.29 is 63.1 Å². The molecule has 0 radical (unpaired) electrons. The maximum absolute atomic E-state index is 12.8. The molecule has 0 aliphatic heterocycles. The van der Waals surface area contributed by atoms with Gasteiger partial charge < -0.3 is 39.9 Å². The summed E-state index contributed by atoms with van der Waals surface area (Å²) in [5.74, 6) is -1.13. The van der Waals surface area contributed by atoms with Crippen LogP contribution in [0.25, 0.3) is 0 Å². The fourth-order valence-corrected chi connectivity index (χ4v) is 7.79. The number of rotatable bonds is 38. The Balaban J connectivity index is 2.47. The Bertz CT molecular complexity index is 1250. The number of phosphoric acid groups is 1. The summed E-state index contributed by atoms with van der Waals surface area (Å²) in [7, 11) is -5.12. The van der Waals surface area contributed by atoms with Gasteiger partial charge in [0.25, 0.3) is 0 Å². The molecule has 1 saturated carbocycles. The van der Waals surface area contributed by atoms with Gasteiger partial charge in [-0.25, -0.2) is 4.57 Å². The average molecular weight is 887 g/mol. The van der Waals surface area contributed by atoms with Gasteiger partial charge in [0.2, 0.25) is 0 Å². The largest absolute Gasteiger partial charge is 0.472 e. The summed E-state index contributed by atoms with van der Waals surface area (Å²) in [4.78, 5) is 35.7. The molecule has 61 heavy (non-hydrogen) atoms. The molecule has 0 aromatic heterocycles. The van der Waals surface area contributed by atoms with Crippen molar-refractivity contribution in [2.45, 2.75) is 224 Å². The SMILES string of the molecule is CCCCC/C=C\C/C=C\CCCCCCCCCC(=O)O[C@H](COC(=O)CCCCCCC/C=C\C/C=C\CCCCC)COP(=O)(O)OC1C(O)C(O)C(O)[C@@H](O)C1O. The molecule has 6 unspecified atom stereocenters. The number of esters is 2. The number of aliphatic hydroxyl groups is 5. The molecule has 0 heterocycles. The molecular weight excluding hydrogens is 803 g/mol. The molecular formula is C47H83O13P. The zero-order chi connectivity index (χ0) is 45.0. The van der Waals surface area contributed by atoms with Crippen LogP contribution in [0, 0.1) is 0 Å². The lowest BCUT2D eigenvalue weighted by molar-refractivity contribution is -0.220. The summed E-state index contributed by atoms with van der Waals surface area (Å²) in [6.07, 6.45) is 30.1. The molecule has 0 saturated heterocycles. The summed E-state index contributed by atoms with van der Waals surface area (Å²) in [6, 6.07) is 0. The van der Waals surface area contributed by atoms with Crippen molar-refractivity contribution in [1.82, 2.24) is 0 Å². The van der Waals surface area contributed by atoms with E-state index in [-0.39, 0.29) is 12.8 Å². The third-order valence-corrected chi connectivity index (χ3v) is 11.6. The van der Waals surface area contributed by atoms with Crippen molar-refractivity contribution in [3.05, 3.63) is 48.6 Å². The Morgan fingerprint density at radius 2 is 0.885 bits per heavy atom. The van der Waals surface area contributed by atoms with Gasteiger partial charge in [0.1, 0.15) is 43.2 Å². The van der Waals surface area contributed by atoms with Crippen molar-refractivity contribution in [3.63, 3.8) is 0 Å². The van der Waals surface area contributed by atoms with Gasteiger partial charge in [0.15, 0.2) is 6.10 Å². The molecule has 14 heteroatoms. The van der Waals surface area contributed by atoms with Crippen molar-refractivity contribution in [1.29, 1.82) is 0 Å². The van der Waals surface area contributed by atoms with Crippen LogP contribution in [0.2, 0.25) is 0 Å². The van der Waals surface area contributed by atoms with Gasteiger partial charge >= 0.3 is 19.8 Å². The van der Waals surface area contributed by atoms with Crippen LogP contribution in [-0.4, -0.2) is 98.3 Å². The number of aliphatic hydroxyl groups excluding tert-OH is 5. The molecule has 354 valence electrons. The Labute approximate surface area is 367 Å². The summed E-state index contributed by atoms with van der Waals surface area (Å²) in [5.41, 5.74) is 0. The van der Waals surface area contributed by atoms with Crippen LogP contribution in [0.4, 0.5) is 0 Å². The molecule has 6 N–H and O–H groups in total. The Morgan fingerprint density at radius 3 is 1.33 bits per heavy atom. The monoisotopic (exact) mass is 887 g/mol. The Morgan fingerprint density at radius 1 is 0.508 bits per heavy atom. The van der Waals surface area contributed by atoms with E-state index in [9.17, 15) is 44.6 Å². The van der Waals surface area contributed by atoms with Crippen molar-refractivity contribution in [2.75, 3.05) is 13.2 Å². The summed E-state index contributed by atoms with van der Waals surface area (Å²) >= 11 is 0. The molecule has 0 amide bonds. The first kappa shape index (κ1) is 56.8. The third-order valence-electron chi connectivity index (χ3n) is 10.6. The van der Waals surface area contributed by atoms with Crippen LogP contribution in [0.3, 0.4) is 0 Å². The molecule has 0 aromatic carbocycles. The first-order chi connectivity index (χ1) is 29.4. The summed E-state index contributed by atoms with van der Waals surface area (Å²) in [5, 5.41) is 50.1. The lowest BCUT2D eigenvalue weighted by Crippen LogP contribution is -2.64. The summed E-state index contributed by atoms with van der Waals surface area (Å²) in [6.45, 7) is 3.23. The number of carbonyl (C=O) groups is 2. The van der Waals surface area contributed by atoms with E-state index >= 15 is 0 Å². The van der Waals surface area contributed by atoms with E-state index < -0.39 is 75.7 Å². The lowest BCUT2D eigenvalue weighted by atomic mass is 9.85. The number of carbonyl (C=O) groups excluding carboxylic acids is 2. The van der Waals surface area contributed by atoms with Gasteiger partial charge in [-0.2, -0.15) is 0 Å². The van der Waals surface area contributed by atoms with E-state index in [0.717, 1.165) is 103 Å². The summed E-state index contributed by atoms with van der Waals surface area (Å²) < 4.78 is 33.5. The fourth-order valence-electron chi connectivity index (χ4n) is 6.82. The second-order valence-corrected chi connectivity index (χ2v) is 17.7. The van der Waals surface area contributed by atoms with Crippen LogP contribution >= 0.6 is 7.82 Å². The predicted molar refractivity (Wildman–Crippen MR) is 239 cm³/mol. The van der Waals surface area contributed by atoms with E-state index in [1.54, 1.807) is 0 Å². The molecule has 1 rings (SSSR count). The highest BCUT2D eigenvalue weighted by molar-refractivity contribution is 7.47. The Kier molecular flexibility index (Phi) is 34.7. The van der Waals surface area contributed by atoms with Gasteiger partial charge in [0.05, 0.1) is 6.61 Å². The molecule has 0 bridgehead atoms. The highest BCUT2D eigenvalue weighted by atomic mass is 31.2. The van der Waals surface area contributed by atoms with E-state index in [4.69, 9.17) is 18.5 Å². The number of hydrogen-bond donors (Lipinski definition) is 6. The Hall–Kier alpha value is -2.19. The van der Waals surface area contributed by atoms with E-state index in [0.29, 0.717) is 12.8 Å².